The van der Waals surface area contributed by atoms with Crippen LogP contribution in [-0.4, -0.2) is 24.3 Å². The van der Waals surface area contributed by atoms with Crippen molar-refractivity contribution in [2.24, 2.45) is 7.05 Å². The zero-order valence-corrected chi connectivity index (χ0v) is 13.9. The highest BCUT2D eigenvalue weighted by molar-refractivity contribution is 5.59. The fourth-order valence-corrected chi connectivity index (χ4v) is 2.65. The highest BCUT2D eigenvalue weighted by Crippen LogP contribution is 2.23. The van der Waals surface area contributed by atoms with Crippen molar-refractivity contribution in [2.75, 3.05) is 0 Å². The molecule has 0 amide bonds. The van der Waals surface area contributed by atoms with Crippen molar-refractivity contribution in [1.29, 1.82) is 0 Å². The van der Waals surface area contributed by atoms with Crippen LogP contribution in [0.15, 0.2) is 39.9 Å². The van der Waals surface area contributed by atoms with Crippen LogP contribution >= 0.6 is 0 Å². The fourth-order valence-electron chi connectivity index (χ4n) is 2.65. The second-order valence-electron chi connectivity index (χ2n) is 5.81. The summed E-state index contributed by atoms with van der Waals surface area (Å²) in [5, 5.41) is 4.56. The van der Waals surface area contributed by atoms with Crippen molar-refractivity contribution in [3.8, 4) is 22.9 Å². The standard InChI is InChI=1S/C17H19N5O2/c1-4-8-11(2)22-15-13(16(23)21(3)17(24)19-15)18-14(20-22)12-9-6-5-7-10-12/h5-7,9-11H,4,8H2,1-3H3. The van der Waals surface area contributed by atoms with Gasteiger partial charge in [0.2, 0.25) is 0 Å². The molecule has 0 saturated heterocycles. The van der Waals surface area contributed by atoms with Crippen molar-refractivity contribution in [3.05, 3.63) is 51.2 Å². The Morgan fingerprint density at radius 1 is 1.12 bits per heavy atom. The molecule has 2 heterocycles. The molecule has 1 atom stereocenters. The molecule has 0 radical (unpaired) electrons. The summed E-state index contributed by atoms with van der Waals surface area (Å²) in [6.07, 6.45) is 1.81. The second-order valence-corrected chi connectivity index (χ2v) is 5.81. The van der Waals surface area contributed by atoms with Gasteiger partial charge in [0.1, 0.15) is 0 Å². The van der Waals surface area contributed by atoms with Gasteiger partial charge in [-0.15, -0.1) is 0 Å². The molecule has 3 rings (SSSR count). The molecule has 0 aliphatic carbocycles. The highest BCUT2D eigenvalue weighted by atomic mass is 16.2. The molecule has 0 saturated carbocycles. The van der Waals surface area contributed by atoms with Crippen LogP contribution in [0.2, 0.25) is 0 Å². The molecule has 2 aliphatic rings. The van der Waals surface area contributed by atoms with Crippen LogP contribution < -0.4 is 11.2 Å². The van der Waals surface area contributed by atoms with E-state index in [2.05, 4.69) is 22.0 Å². The first-order chi connectivity index (χ1) is 11.5. The number of hydrogen-bond donors (Lipinski definition) is 0. The Morgan fingerprint density at radius 3 is 2.50 bits per heavy atom. The van der Waals surface area contributed by atoms with Crippen molar-refractivity contribution in [2.45, 2.75) is 32.7 Å². The third-order valence-corrected chi connectivity index (χ3v) is 4.00. The van der Waals surface area contributed by atoms with Gasteiger partial charge in [-0.05, 0) is 13.3 Å². The lowest BCUT2D eigenvalue weighted by Crippen LogP contribution is -2.37. The van der Waals surface area contributed by atoms with Gasteiger partial charge in [0, 0.05) is 12.6 Å². The van der Waals surface area contributed by atoms with Crippen molar-refractivity contribution < 1.29 is 0 Å². The van der Waals surface area contributed by atoms with E-state index in [0.29, 0.717) is 5.82 Å². The Balaban J connectivity index is 2.35. The van der Waals surface area contributed by atoms with Crippen LogP contribution in [0.5, 0.6) is 0 Å². The average Bonchev–Trinajstić information content (AvgIpc) is 2.60. The maximum Gasteiger partial charge on any atom is 0.352 e. The van der Waals surface area contributed by atoms with E-state index in [1.54, 1.807) is 4.68 Å². The normalized spacial score (nSPS) is 12.5. The monoisotopic (exact) mass is 325 g/mol. The third kappa shape index (κ3) is 2.73. The molecule has 7 nitrogen and oxygen atoms in total. The minimum absolute atomic E-state index is 0.00182. The maximum atomic E-state index is 12.5. The van der Waals surface area contributed by atoms with Gasteiger partial charge < -0.3 is 0 Å². The molecule has 2 aliphatic heterocycles. The minimum atomic E-state index is -0.596. The Kier molecular flexibility index (Phi) is 4.24. The maximum absolute atomic E-state index is 12.5. The molecule has 0 fully saturated rings. The van der Waals surface area contributed by atoms with Crippen LogP contribution in [0.1, 0.15) is 32.7 Å². The second kappa shape index (κ2) is 6.35. The summed E-state index contributed by atoms with van der Waals surface area (Å²) in [6.45, 7) is 4.07. The smallest absolute Gasteiger partial charge is 0.267 e. The summed E-state index contributed by atoms with van der Waals surface area (Å²) in [7, 11) is 1.40. The van der Waals surface area contributed by atoms with Crippen molar-refractivity contribution >= 4 is 0 Å². The van der Waals surface area contributed by atoms with E-state index in [0.717, 1.165) is 23.0 Å². The van der Waals surface area contributed by atoms with Crippen LogP contribution in [-0.2, 0) is 7.05 Å². The summed E-state index contributed by atoms with van der Waals surface area (Å²) in [5.74, 6) is 0.687. The molecule has 1 aromatic rings. The van der Waals surface area contributed by atoms with Gasteiger partial charge in [-0.2, -0.15) is 10.1 Å². The lowest BCUT2D eigenvalue weighted by Gasteiger charge is -2.19. The molecular formula is C17H19N5O2. The van der Waals surface area contributed by atoms with Gasteiger partial charge in [0.25, 0.3) is 5.56 Å². The summed E-state index contributed by atoms with van der Waals surface area (Å²) >= 11 is 0. The predicted molar refractivity (Wildman–Crippen MR) is 91.0 cm³/mol. The van der Waals surface area contributed by atoms with E-state index in [4.69, 9.17) is 0 Å². The summed E-state index contributed by atoms with van der Waals surface area (Å²) in [4.78, 5) is 32.8. The van der Waals surface area contributed by atoms with E-state index in [1.807, 2.05) is 37.3 Å². The van der Waals surface area contributed by atoms with Crippen molar-refractivity contribution in [3.63, 3.8) is 0 Å². The Hall–Kier alpha value is -2.83. The Bertz CT molecular complexity index is 946. The first kappa shape index (κ1) is 16.0. The van der Waals surface area contributed by atoms with Gasteiger partial charge in [0.15, 0.2) is 17.3 Å². The van der Waals surface area contributed by atoms with E-state index in [1.165, 1.54) is 7.05 Å². The summed E-state index contributed by atoms with van der Waals surface area (Å²) in [6, 6.07) is 9.45. The van der Waals surface area contributed by atoms with E-state index >= 15 is 0 Å². The van der Waals surface area contributed by atoms with Gasteiger partial charge >= 0.3 is 5.69 Å². The number of aromatic nitrogens is 5. The van der Waals surface area contributed by atoms with Gasteiger partial charge in [-0.25, -0.2) is 14.5 Å². The number of hydrogen-bond acceptors (Lipinski definition) is 5. The third-order valence-electron chi connectivity index (χ3n) is 4.00. The van der Waals surface area contributed by atoms with Crippen LogP contribution in [0.3, 0.4) is 0 Å². The lowest BCUT2D eigenvalue weighted by molar-refractivity contribution is 0.442. The Labute approximate surface area is 139 Å². The molecule has 0 aromatic heterocycles. The van der Waals surface area contributed by atoms with Crippen molar-refractivity contribution in [1.82, 2.24) is 24.3 Å². The quantitative estimate of drug-likeness (QED) is 0.731. The van der Waals surface area contributed by atoms with Crippen LogP contribution in [0.25, 0.3) is 22.9 Å². The Morgan fingerprint density at radius 2 is 1.83 bits per heavy atom. The highest BCUT2D eigenvalue weighted by Gasteiger charge is 2.23. The number of fused-ring (bicyclic) bond motifs is 1. The van der Waals surface area contributed by atoms with E-state index in [-0.39, 0.29) is 17.6 Å². The SMILES string of the molecule is CCCC(C)n1nc(-c2ccccc2)nc2c(=O)n(C)c(=O)nc1-2. The fraction of sp³-hybridized carbons (Fsp3) is 0.353. The molecule has 7 heteroatoms. The molecule has 0 N–H and O–H groups in total. The largest absolute Gasteiger partial charge is 0.352 e. The van der Waals surface area contributed by atoms with E-state index < -0.39 is 11.2 Å². The number of rotatable bonds is 4. The van der Waals surface area contributed by atoms with Gasteiger partial charge in [-0.1, -0.05) is 43.7 Å². The van der Waals surface area contributed by atoms with E-state index in [9.17, 15) is 9.59 Å². The molecule has 24 heavy (non-hydrogen) atoms. The zero-order chi connectivity index (χ0) is 17.3. The molecule has 0 bridgehead atoms. The number of nitrogens with zero attached hydrogens (tertiary/aromatic N) is 5. The summed E-state index contributed by atoms with van der Waals surface area (Å²) < 4.78 is 2.62. The van der Waals surface area contributed by atoms with Gasteiger partial charge in [-0.3, -0.25) is 9.36 Å². The number of benzene rings is 1. The summed E-state index contributed by atoms with van der Waals surface area (Å²) in [5.41, 5.74) is -0.0814. The molecular weight excluding hydrogens is 306 g/mol. The van der Waals surface area contributed by atoms with Gasteiger partial charge in [0.05, 0.1) is 6.04 Å². The molecule has 124 valence electrons. The average molecular weight is 325 g/mol. The zero-order valence-electron chi connectivity index (χ0n) is 13.9. The predicted octanol–water partition coefficient (Wildman–Crippen LogP) is 1.86. The minimum Gasteiger partial charge on any atom is -0.267 e. The molecule has 1 aromatic carbocycles. The first-order valence-corrected chi connectivity index (χ1v) is 7.96. The van der Waals surface area contributed by atoms with Crippen LogP contribution in [0, 0.1) is 0 Å². The van der Waals surface area contributed by atoms with Crippen LogP contribution in [0.4, 0.5) is 0 Å². The lowest BCUT2D eigenvalue weighted by atomic mass is 10.2. The first-order valence-electron chi connectivity index (χ1n) is 7.96. The molecule has 0 spiro atoms. The molecule has 1 unspecified atom stereocenters. The topological polar surface area (TPSA) is 82.7 Å².